The Morgan fingerprint density at radius 1 is 0.733 bits per heavy atom. The van der Waals surface area contributed by atoms with E-state index in [0.29, 0.717) is 0 Å². The van der Waals surface area contributed by atoms with Gasteiger partial charge >= 0.3 is 0 Å². The predicted octanol–water partition coefficient (Wildman–Crippen LogP) is 5.55. The maximum Gasteiger partial charge on any atom is -0.0379 e. The lowest BCUT2D eigenvalue weighted by atomic mass is 10.4. The Labute approximate surface area is 100 Å². The van der Waals surface area contributed by atoms with Crippen molar-refractivity contribution >= 4 is 0 Å². The van der Waals surface area contributed by atoms with Gasteiger partial charge in [-0.15, -0.1) is 25.7 Å². The first-order valence-electron chi connectivity index (χ1n) is 5.69. The van der Waals surface area contributed by atoms with Crippen LogP contribution in [0.1, 0.15) is 61.8 Å². The molecule has 0 aliphatic carbocycles. The van der Waals surface area contributed by atoms with Crippen molar-refractivity contribution in [3.05, 3.63) is 12.2 Å². The van der Waals surface area contributed by atoms with Gasteiger partial charge in [-0.3, -0.25) is 0 Å². The van der Waals surface area contributed by atoms with Gasteiger partial charge in [0, 0.05) is 0 Å². The molecule has 0 fully saturated rings. The molecule has 0 heteroatoms. The second-order valence-corrected chi connectivity index (χ2v) is 0.977. The van der Waals surface area contributed by atoms with Crippen molar-refractivity contribution in [1.82, 2.24) is 0 Å². The molecule has 92 valence electrons. The molecule has 0 aliphatic rings. The zero-order valence-corrected chi connectivity index (χ0v) is 12.2. The van der Waals surface area contributed by atoms with E-state index in [1.165, 1.54) is 0 Å². The first-order valence-corrected chi connectivity index (χ1v) is 5.69. The summed E-state index contributed by atoms with van der Waals surface area (Å²) in [6.07, 6.45) is 21.3. The van der Waals surface area contributed by atoms with Crippen LogP contribution in [0.3, 0.4) is 0 Å². The maximum absolute atomic E-state index is 4.00. The topological polar surface area (TPSA) is 0 Å². The van der Waals surface area contributed by atoms with Gasteiger partial charge in [0.2, 0.25) is 0 Å². The quantitative estimate of drug-likeness (QED) is 0.395. The minimum atomic E-state index is 1.16. The molecule has 0 rings (SSSR count). The first kappa shape index (κ1) is 37.1. The Hall–Kier alpha value is -1.14. The van der Waals surface area contributed by atoms with E-state index in [9.17, 15) is 0 Å². The molecule has 0 saturated heterocycles. The highest BCUT2D eigenvalue weighted by Crippen LogP contribution is 1.73. The van der Waals surface area contributed by atoms with Crippen LogP contribution in [0.2, 0.25) is 0 Å². The highest BCUT2D eigenvalue weighted by molar-refractivity contribution is 4.73. The first-order chi connectivity index (χ1) is 7.41. The van der Waals surface area contributed by atoms with Gasteiger partial charge < -0.3 is 0 Å². The standard InChI is InChI=1S/C5H10.3C2H6.2C2H2/c1-3-5-4-2;5*1-2/h3,5H,4H2,1-2H3;3*1-2H3;2*1-2H. The number of hydrogen-bond acceptors (Lipinski definition) is 0. The average Bonchev–Trinajstić information content (AvgIpc) is 2.42. The summed E-state index contributed by atoms with van der Waals surface area (Å²) in [4.78, 5) is 0. The highest BCUT2D eigenvalue weighted by Gasteiger charge is 1.52. The van der Waals surface area contributed by atoms with E-state index in [0.717, 1.165) is 6.42 Å². The molecule has 0 unspecified atom stereocenters. The summed E-state index contributed by atoms with van der Waals surface area (Å²) in [6.45, 7) is 16.2. The Kier molecular flexibility index (Phi) is 1290. The minimum Gasteiger partial charge on any atom is -0.124 e. The van der Waals surface area contributed by atoms with E-state index in [1.807, 2.05) is 48.5 Å². The van der Waals surface area contributed by atoms with Gasteiger partial charge in [-0.1, -0.05) is 60.6 Å². The molecule has 0 aliphatic heterocycles. The van der Waals surface area contributed by atoms with Crippen LogP contribution in [0, 0.1) is 25.7 Å². The molecule has 0 N–H and O–H groups in total. The second kappa shape index (κ2) is 523. The van der Waals surface area contributed by atoms with Crippen molar-refractivity contribution in [3.8, 4) is 25.7 Å². The molecule has 0 spiro atoms. The minimum absolute atomic E-state index is 1.16. The van der Waals surface area contributed by atoms with E-state index in [-0.39, 0.29) is 0 Å². The van der Waals surface area contributed by atoms with Crippen molar-refractivity contribution < 1.29 is 0 Å². The molecule has 0 atom stereocenters. The fraction of sp³-hybridized carbons (Fsp3) is 0.600. The van der Waals surface area contributed by atoms with E-state index in [2.05, 4.69) is 44.8 Å². The zero-order chi connectivity index (χ0) is 14.1. The Bertz CT molecular complexity index is 66.5. The van der Waals surface area contributed by atoms with E-state index >= 15 is 0 Å². The fourth-order valence-corrected chi connectivity index (χ4v) is 0.236. The van der Waals surface area contributed by atoms with Crippen LogP contribution in [0.25, 0.3) is 0 Å². The van der Waals surface area contributed by atoms with Crippen LogP contribution in [0.15, 0.2) is 12.2 Å². The molecule has 0 radical (unpaired) electrons. The van der Waals surface area contributed by atoms with Gasteiger partial charge in [0.15, 0.2) is 0 Å². The third kappa shape index (κ3) is 2050. The molecular formula is C15H32. The van der Waals surface area contributed by atoms with E-state index in [4.69, 9.17) is 0 Å². The number of allylic oxidation sites excluding steroid dienone is 2. The van der Waals surface area contributed by atoms with Gasteiger partial charge in [-0.25, -0.2) is 0 Å². The van der Waals surface area contributed by atoms with Crippen LogP contribution in [-0.2, 0) is 0 Å². The molecular weight excluding hydrogens is 180 g/mol. The lowest BCUT2D eigenvalue weighted by Crippen LogP contribution is -1.43. The molecule has 0 saturated carbocycles. The molecule has 15 heavy (non-hydrogen) atoms. The van der Waals surface area contributed by atoms with Crippen LogP contribution >= 0.6 is 0 Å². The lowest BCUT2D eigenvalue weighted by molar-refractivity contribution is 1.22. The SMILES string of the molecule is C#C.C#C.CC.CC.CC.CC=CCC. The van der Waals surface area contributed by atoms with E-state index < -0.39 is 0 Å². The molecule has 0 aromatic carbocycles. The third-order valence-corrected chi connectivity index (χ3v) is 0.471. The smallest absolute Gasteiger partial charge is 0.0379 e. The van der Waals surface area contributed by atoms with Gasteiger partial charge in [-0.2, -0.15) is 0 Å². The number of rotatable bonds is 1. The number of hydrogen-bond donors (Lipinski definition) is 0. The van der Waals surface area contributed by atoms with Crippen LogP contribution in [0.5, 0.6) is 0 Å². The van der Waals surface area contributed by atoms with Gasteiger partial charge in [0.1, 0.15) is 0 Å². The summed E-state index contributed by atoms with van der Waals surface area (Å²) in [5, 5.41) is 0. The molecule has 0 amide bonds. The van der Waals surface area contributed by atoms with Crippen LogP contribution in [0.4, 0.5) is 0 Å². The molecule has 0 heterocycles. The Balaban J connectivity index is -0.0000000177. The van der Waals surface area contributed by atoms with Crippen LogP contribution < -0.4 is 0 Å². The van der Waals surface area contributed by atoms with Crippen molar-refractivity contribution in [2.75, 3.05) is 0 Å². The summed E-state index contributed by atoms with van der Waals surface area (Å²) >= 11 is 0. The van der Waals surface area contributed by atoms with Gasteiger partial charge in [-0.05, 0) is 13.3 Å². The van der Waals surface area contributed by atoms with E-state index in [1.54, 1.807) is 0 Å². The number of terminal acetylenes is 2. The summed E-state index contributed by atoms with van der Waals surface area (Å²) < 4.78 is 0. The monoisotopic (exact) mass is 212 g/mol. The van der Waals surface area contributed by atoms with Crippen LogP contribution in [-0.4, -0.2) is 0 Å². The third-order valence-electron chi connectivity index (χ3n) is 0.471. The van der Waals surface area contributed by atoms with Crippen molar-refractivity contribution in [1.29, 1.82) is 0 Å². The second-order valence-electron chi connectivity index (χ2n) is 0.977. The molecule has 0 nitrogen and oxygen atoms in total. The average molecular weight is 212 g/mol. The normalized spacial score (nSPS) is 4.80. The summed E-state index contributed by atoms with van der Waals surface area (Å²) in [7, 11) is 0. The maximum atomic E-state index is 4.00. The predicted molar refractivity (Wildman–Crippen MR) is 78.9 cm³/mol. The zero-order valence-electron chi connectivity index (χ0n) is 12.2. The lowest BCUT2D eigenvalue weighted by Gasteiger charge is -1.65. The van der Waals surface area contributed by atoms with Crippen molar-refractivity contribution in [2.24, 2.45) is 0 Å². The molecule has 0 bridgehead atoms. The fourth-order valence-electron chi connectivity index (χ4n) is 0.236. The van der Waals surface area contributed by atoms with Gasteiger partial charge in [0.05, 0.1) is 0 Å². The summed E-state index contributed by atoms with van der Waals surface area (Å²) in [5.74, 6) is 0. The molecule has 0 aromatic heterocycles. The highest BCUT2D eigenvalue weighted by atomic mass is 13.6. The summed E-state index contributed by atoms with van der Waals surface area (Å²) in [6, 6.07) is 0. The van der Waals surface area contributed by atoms with Crippen molar-refractivity contribution in [3.63, 3.8) is 0 Å². The largest absolute Gasteiger partial charge is 0.124 e. The summed E-state index contributed by atoms with van der Waals surface area (Å²) in [5.41, 5.74) is 0. The Morgan fingerprint density at radius 2 is 0.933 bits per heavy atom. The van der Waals surface area contributed by atoms with Gasteiger partial charge in [0.25, 0.3) is 0 Å². The molecule has 0 aromatic rings. The Morgan fingerprint density at radius 3 is 0.933 bits per heavy atom. The van der Waals surface area contributed by atoms with Crippen molar-refractivity contribution in [2.45, 2.75) is 61.8 Å².